The van der Waals surface area contributed by atoms with E-state index >= 15 is 0 Å². The van der Waals surface area contributed by atoms with Gasteiger partial charge in [0.05, 0.1) is 0 Å². The molecule has 1 unspecified atom stereocenters. The minimum atomic E-state index is -0.179. The van der Waals surface area contributed by atoms with Gasteiger partial charge in [0.25, 0.3) is 0 Å². The zero-order chi connectivity index (χ0) is 21.1. The number of nitrogens with zero attached hydrogens (tertiary/aromatic N) is 3. The molecule has 0 N–H and O–H groups in total. The molecule has 6 heteroatoms. The van der Waals surface area contributed by atoms with Crippen LogP contribution in [0.5, 0.6) is 0 Å². The minimum absolute atomic E-state index is 0.179. The number of aromatic nitrogens is 2. The van der Waals surface area contributed by atoms with E-state index in [0.717, 1.165) is 48.0 Å². The van der Waals surface area contributed by atoms with Gasteiger partial charge in [-0.05, 0) is 81.4 Å². The maximum absolute atomic E-state index is 13.3. The van der Waals surface area contributed by atoms with Crippen LogP contribution in [0.1, 0.15) is 43.2 Å². The number of hydrogen-bond donors (Lipinski definition) is 0. The number of benzene rings is 2. The van der Waals surface area contributed by atoms with Gasteiger partial charge in [-0.2, -0.15) is 4.98 Å². The molecule has 0 bridgehead atoms. The molecule has 1 aromatic heterocycles. The fourth-order valence-corrected chi connectivity index (χ4v) is 5.09. The Morgan fingerprint density at radius 3 is 2.50 bits per heavy atom. The van der Waals surface area contributed by atoms with Crippen molar-refractivity contribution in [3.63, 3.8) is 0 Å². The largest absolute Gasteiger partial charge is 0.339 e. The molecule has 4 nitrogen and oxygen atoms in total. The van der Waals surface area contributed by atoms with Gasteiger partial charge in [0.15, 0.2) is 0 Å². The van der Waals surface area contributed by atoms with Gasteiger partial charge in [-0.3, -0.25) is 0 Å². The Balaban J connectivity index is 1.37. The third-order valence-corrected chi connectivity index (χ3v) is 6.61. The van der Waals surface area contributed by atoms with E-state index in [0.29, 0.717) is 23.7 Å². The van der Waals surface area contributed by atoms with Crippen LogP contribution < -0.4 is 0 Å². The van der Waals surface area contributed by atoms with E-state index < -0.39 is 0 Å². The predicted octanol–water partition coefficient (Wildman–Crippen LogP) is 6.29. The van der Waals surface area contributed by atoms with Crippen molar-refractivity contribution in [1.82, 2.24) is 15.0 Å². The predicted molar refractivity (Wildman–Crippen MR) is 119 cm³/mol. The second kappa shape index (κ2) is 9.40. The first-order valence-electron chi connectivity index (χ1n) is 10.5. The van der Waals surface area contributed by atoms with Gasteiger partial charge in [-0.15, -0.1) is 0 Å². The third kappa shape index (κ3) is 4.98. The van der Waals surface area contributed by atoms with E-state index in [2.05, 4.69) is 45.1 Å². The summed E-state index contributed by atoms with van der Waals surface area (Å²) in [6, 6.07) is 15.2. The van der Waals surface area contributed by atoms with E-state index in [1.165, 1.54) is 5.56 Å². The highest BCUT2D eigenvalue weighted by molar-refractivity contribution is 9.10. The highest BCUT2D eigenvalue weighted by atomic mass is 79.9. The molecule has 0 radical (unpaired) electrons. The lowest BCUT2D eigenvalue weighted by Gasteiger charge is -2.37. The quantitative estimate of drug-likeness (QED) is 0.423. The molecule has 1 heterocycles. The van der Waals surface area contributed by atoms with Crippen LogP contribution in [0.3, 0.4) is 0 Å². The van der Waals surface area contributed by atoms with Crippen LogP contribution in [-0.4, -0.2) is 29.1 Å². The Morgan fingerprint density at radius 1 is 1.10 bits per heavy atom. The van der Waals surface area contributed by atoms with Gasteiger partial charge in [-0.25, -0.2) is 4.39 Å². The highest BCUT2D eigenvalue weighted by Crippen LogP contribution is 2.40. The topological polar surface area (TPSA) is 42.2 Å². The summed E-state index contributed by atoms with van der Waals surface area (Å²) in [5, 5.41) is 4.16. The fourth-order valence-electron chi connectivity index (χ4n) is 4.69. The van der Waals surface area contributed by atoms with Gasteiger partial charge in [0.1, 0.15) is 5.82 Å². The number of rotatable bonds is 6. The molecule has 0 amide bonds. The van der Waals surface area contributed by atoms with Crippen molar-refractivity contribution < 1.29 is 8.91 Å². The molecule has 3 aromatic rings. The summed E-state index contributed by atoms with van der Waals surface area (Å²) in [6.45, 7) is 0. The van der Waals surface area contributed by atoms with Gasteiger partial charge in [0, 0.05) is 22.5 Å². The summed E-state index contributed by atoms with van der Waals surface area (Å²) in [5.74, 6) is 2.32. The first-order chi connectivity index (χ1) is 14.5. The molecule has 4 rings (SSSR count). The van der Waals surface area contributed by atoms with Crippen molar-refractivity contribution >= 4 is 15.9 Å². The molecule has 1 fully saturated rings. The Labute approximate surface area is 185 Å². The molecule has 0 spiro atoms. The zero-order valence-electron chi connectivity index (χ0n) is 17.4. The Kier molecular flexibility index (Phi) is 6.64. The van der Waals surface area contributed by atoms with Gasteiger partial charge < -0.3 is 9.42 Å². The monoisotopic (exact) mass is 471 g/mol. The van der Waals surface area contributed by atoms with Gasteiger partial charge >= 0.3 is 0 Å². The summed E-state index contributed by atoms with van der Waals surface area (Å²) < 4.78 is 19.9. The van der Waals surface area contributed by atoms with Crippen molar-refractivity contribution in [2.45, 2.75) is 38.1 Å². The SMILES string of the molecule is CN(C)C(c1ccc(F)cc1)C1CCC(Cc2nc(-c3cccc(Br)c3)no2)CC1. The summed E-state index contributed by atoms with van der Waals surface area (Å²) in [4.78, 5) is 6.88. The Bertz CT molecular complexity index is 965. The van der Waals surface area contributed by atoms with Crippen LogP contribution in [0.4, 0.5) is 4.39 Å². The molecular formula is C24H27BrFN3O. The van der Waals surface area contributed by atoms with Crippen molar-refractivity contribution in [1.29, 1.82) is 0 Å². The van der Waals surface area contributed by atoms with E-state index in [4.69, 9.17) is 4.52 Å². The Hall–Kier alpha value is -2.05. The summed E-state index contributed by atoms with van der Waals surface area (Å²) >= 11 is 3.49. The standard InChI is InChI=1S/C24H27BrFN3O/c1-29(2)23(18-10-12-21(26)13-11-18)17-8-6-16(7-9-17)14-22-27-24(28-30-22)19-4-3-5-20(25)15-19/h3-5,10-13,15-17,23H,6-9,14H2,1-2H3. The molecule has 1 saturated carbocycles. The molecule has 1 aliphatic rings. The second-order valence-corrected chi connectivity index (χ2v) is 9.38. The van der Waals surface area contributed by atoms with Gasteiger partial charge in [-0.1, -0.05) is 45.4 Å². The zero-order valence-corrected chi connectivity index (χ0v) is 19.0. The second-order valence-electron chi connectivity index (χ2n) is 8.47. The first kappa shape index (κ1) is 21.2. The van der Waals surface area contributed by atoms with Crippen LogP contribution >= 0.6 is 15.9 Å². The lowest BCUT2D eigenvalue weighted by atomic mass is 9.75. The fraction of sp³-hybridized carbons (Fsp3) is 0.417. The molecule has 158 valence electrons. The summed E-state index contributed by atoms with van der Waals surface area (Å²) in [6.07, 6.45) is 5.42. The molecule has 1 aliphatic carbocycles. The lowest BCUT2D eigenvalue weighted by molar-refractivity contribution is 0.146. The average Bonchev–Trinajstić information content (AvgIpc) is 3.19. The van der Waals surface area contributed by atoms with Crippen LogP contribution in [0.2, 0.25) is 0 Å². The molecule has 1 atom stereocenters. The third-order valence-electron chi connectivity index (χ3n) is 6.12. The normalized spacial score (nSPS) is 20.4. The maximum Gasteiger partial charge on any atom is 0.227 e. The number of hydrogen-bond acceptors (Lipinski definition) is 4. The molecular weight excluding hydrogens is 445 g/mol. The van der Waals surface area contributed by atoms with Gasteiger partial charge in [0.2, 0.25) is 11.7 Å². The summed E-state index contributed by atoms with van der Waals surface area (Å²) in [7, 11) is 4.23. The van der Waals surface area contributed by atoms with E-state index in [9.17, 15) is 4.39 Å². The average molecular weight is 472 g/mol. The van der Waals surface area contributed by atoms with Crippen LogP contribution in [-0.2, 0) is 6.42 Å². The lowest BCUT2D eigenvalue weighted by Crippen LogP contribution is -2.30. The molecule has 2 aromatic carbocycles. The Morgan fingerprint density at radius 2 is 1.83 bits per heavy atom. The van der Waals surface area contributed by atoms with Crippen LogP contribution in [0.25, 0.3) is 11.4 Å². The smallest absolute Gasteiger partial charge is 0.227 e. The van der Waals surface area contributed by atoms with Crippen molar-refractivity contribution in [2.75, 3.05) is 14.1 Å². The van der Waals surface area contributed by atoms with Crippen molar-refractivity contribution in [3.8, 4) is 11.4 Å². The van der Waals surface area contributed by atoms with Crippen molar-refractivity contribution in [2.24, 2.45) is 11.8 Å². The maximum atomic E-state index is 13.3. The highest BCUT2D eigenvalue weighted by Gasteiger charge is 2.30. The minimum Gasteiger partial charge on any atom is -0.339 e. The van der Waals surface area contributed by atoms with E-state index in [-0.39, 0.29) is 5.82 Å². The summed E-state index contributed by atoms with van der Waals surface area (Å²) in [5.41, 5.74) is 2.15. The van der Waals surface area contributed by atoms with Crippen LogP contribution in [0.15, 0.2) is 57.5 Å². The van der Waals surface area contributed by atoms with Crippen molar-refractivity contribution in [3.05, 3.63) is 70.3 Å². The molecule has 30 heavy (non-hydrogen) atoms. The van der Waals surface area contributed by atoms with E-state index in [1.54, 1.807) is 12.1 Å². The molecule has 0 saturated heterocycles. The van der Waals surface area contributed by atoms with E-state index in [1.807, 2.05) is 36.4 Å². The molecule has 0 aliphatic heterocycles. The van der Waals surface area contributed by atoms with Crippen LogP contribution in [0, 0.1) is 17.7 Å². The number of halogens is 2. The first-order valence-corrected chi connectivity index (χ1v) is 11.3.